The standard InChI is InChI=1S/C14H24N2O3/c1-19-10-2-7-15-13(17)11-5-8-16(9-6-11)14(18)12-3-4-12/h11-12H,2-10H2,1H3,(H,15,17). The van der Waals surface area contributed by atoms with E-state index in [9.17, 15) is 9.59 Å². The van der Waals surface area contributed by atoms with Crippen LogP contribution >= 0.6 is 0 Å². The Balaban J connectivity index is 1.64. The molecule has 2 rings (SSSR count). The number of nitrogens with zero attached hydrogens (tertiary/aromatic N) is 1. The van der Waals surface area contributed by atoms with Crippen LogP contribution in [0.25, 0.3) is 0 Å². The van der Waals surface area contributed by atoms with Crippen LogP contribution in [0.4, 0.5) is 0 Å². The fraction of sp³-hybridized carbons (Fsp3) is 0.857. The van der Waals surface area contributed by atoms with E-state index in [1.54, 1.807) is 7.11 Å². The second kappa shape index (κ2) is 6.89. The molecule has 108 valence electrons. The van der Waals surface area contributed by atoms with Crippen molar-refractivity contribution in [3.8, 4) is 0 Å². The molecule has 2 fully saturated rings. The molecule has 1 saturated heterocycles. The van der Waals surface area contributed by atoms with Crippen LogP contribution in [0.3, 0.4) is 0 Å². The van der Waals surface area contributed by atoms with Crippen molar-refractivity contribution in [2.45, 2.75) is 32.1 Å². The number of piperidine rings is 1. The lowest BCUT2D eigenvalue weighted by atomic mass is 9.95. The molecule has 0 atom stereocenters. The van der Waals surface area contributed by atoms with E-state index >= 15 is 0 Å². The number of rotatable bonds is 6. The van der Waals surface area contributed by atoms with Crippen LogP contribution in [-0.4, -0.2) is 50.1 Å². The van der Waals surface area contributed by atoms with Gasteiger partial charge < -0.3 is 15.0 Å². The number of ether oxygens (including phenoxy) is 1. The molecule has 1 saturated carbocycles. The third kappa shape index (κ3) is 4.20. The van der Waals surface area contributed by atoms with Crippen LogP contribution in [0.5, 0.6) is 0 Å². The molecule has 5 nitrogen and oxygen atoms in total. The second-order valence-electron chi connectivity index (χ2n) is 5.51. The van der Waals surface area contributed by atoms with Crippen molar-refractivity contribution in [1.29, 1.82) is 0 Å². The van der Waals surface area contributed by atoms with Gasteiger partial charge >= 0.3 is 0 Å². The summed E-state index contributed by atoms with van der Waals surface area (Å²) in [5.41, 5.74) is 0. The van der Waals surface area contributed by atoms with E-state index in [2.05, 4.69) is 5.32 Å². The van der Waals surface area contributed by atoms with Gasteiger partial charge in [0.2, 0.25) is 11.8 Å². The number of carbonyl (C=O) groups is 2. The van der Waals surface area contributed by atoms with Gasteiger partial charge in [0.05, 0.1) is 0 Å². The molecule has 1 aliphatic carbocycles. The van der Waals surface area contributed by atoms with Crippen molar-refractivity contribution in [2.24, 2.45) is 11.8 Å². The summed E-state index contributed by atoms with van der Waals surface area (Å²) in [6.45, 7) is 2.83. The third-order valence-corrected chi connectivity index (χ3v) is 3.93. The molecule has 19 heavy (non-hydrogen) atoms. The minimum Gasteiger partial charge on any atom is -0.385 e. The fourth-order valence-corrected chi connectivity index (χ4v) is 2.52. The molecule has 0 spiro atoms. The average molecular weight is 268 g/mol. The molecule has 2 aliphatic rings. The van der Waals surface area contributed by atoms with E-state index in [1.807, 2.05) is 4.90 Å². The first kappa shape index (κ1) is 14.3. The Morgan fingerprint density at radius 2 is 1.84 bits per heavy atom. The molecular weight excluding hydrogens is 244 g/mol. The van der Waals surface area contributed by atoms with Crippen molar-refractivity contribution in [1.82, 2.24) is 10.2 Å². The Morgan fingerprint density at radius 3 is 2.42 bits per heavy atom. The van der Waals surface area contributed by atoms with Crippen molar-refractivity contribution in [3.63, 3.8) is 0 Å². The Bertz CT molecular complexity index is 321. The molecule has 1 N–H and O–H groups in total. The molecule has 0 unspecified atom stereocenters. The van der Waals surface area contributed by atoms with Crippen LogP contribution in [0.15, 0.2) is 0 Å². The van der Waals surface area contributed by atoms with Gasteiger partial charge in [0.25, 0.3) is 0 Å². The summed E-state index contributed by atoms with van der Waals surface area (Å²) >= 11 is 0. The van der Waals surface area contributed by atoms with Gasteiger partial charge in [-0.25, -0.2) is 0 Å². The molecular formula is C14H24N2O3. The van der Waals surface area contributed by atoms with E-state index in [4.69, 9.17) is 4.74 Å². The molecule has 0 radical (unpaired) electrons. The largest absolute Gasteiger partial charge is 0.385 e. The van der Waals surface area contributed by atoms with Gasteiger partial charge in [-0.15, -0.1) is 0 Å². The number of likely N-dealkylation sites (tertiary alicyclic amines) is 1. The summed E-state index contributed by atoms with van der Waals surface area (Å²) in [6, 6.07) is 0. The minimum absolute atomic E-state index is 0.0748. The smallest absolute Gasteiger partial charge is 0.225 e. The number of methoxy groups -OCH3 is 1. The summed E-state index contributed by atoms with van der Waals surface area (Å²) in [7, 11) is 1.66. The number of carbonyl (C=O) groups excluding carboxylic acids is 2. The van der Waals surface area contributed by atoms with Crippen molar-refractivity contribution in [2.75, 3.05) is 33.4 Å². The zero-order chi connectivity index (χ0) is 13.7. The van der Waals surface area contributed by atoms with Crippen molar-refractivity contribution >= 4 is 11.8 Å². The molecule has 0 aromatic heterocycles. The second-order valence-corrected chi connectivity index (χ2v) is 5.51. The summed E-state index contributed by atoms with van der Waals surface area (Å²) in [6.07, 6.45) is 4.56. The van der Waals surface area contributed by atoms with E-state index < -0.39 is 0 Å². The first-order valence-corrected chi connectivity index (χ1v) is 7.28. The van der Waals surface area contributed by atoms with E-state index in [1.165, 1.54) is 0 Å². The fourth-order valence-electron chi connectivity index (χ4n) is 2.52. The molecule has 2 amide bonds. The first-order valence-electron chi connectivity index (χ1n) is 7.28. The molecule has 0 aromatic rings. The number of hydrogen-bond donors (Lipinski definition) is 1. The van der Waals surface area contributed by atoms with E-state index in [-0.39, 0.29) is 11.8 Å². The maximum atomic E-state index is 11.9. The molecule has 0 bridgehead atoms. The van der Waals surface area contributed by atoms with E-state index in [0.29, 0.717) is 25.0 Å². The van der Waals surface area contributed by atoms with Gasteiger partial charge in [0.15, 0.2) is 0 Å². The normalized spacial score (nSPS) is 20.4. The van der Waals surface area contributed by atoms with Gasteiger partial charge in [0.1, 0.15) is 0 Å². The van der Waals surface area contributed by atoms with Crippen molar-refractivity contribution in [3.05, 3.63) is 0 Å². The molecule has 1 heterocycles. The lowest BCUT2D eigenvalue weighted by molar-refractivity contribution is -0.136. The predicted octanol–water partition coefficient (Wildman–Crippen LogP) is 0.788. The Kier molecular flexibility index (Phi) is 5.19. The Morgan fingerprint density at radius 1 is 1.16 bits per heavy atom. The molecule has 5 heteroatoms. The summed E-state index contributed by atoms with van der Waals surface area (Å²) < 4.78 is 4.94. The maximum absolute atomic E-state index is 11.9. The predicted molar refractivity (Wildman–Crippen MR) is 71.5 cm³/mol. The van der Waals surface area contributed by atoms with Gasteiger partial charge in [-0.2, -0.15) is 0 Å². The van der Waals surface area contributed by atoms with Crippen LogP contribution in [0.2, 0.25) is 0 Å². The van der Waals surface area contributed by atoms with Gasteiger partial charge in [-0.3, -0.25) is 9.59 Å². The monoisotopic (exact) mass is 268 g/mol. The van der Waals surface area contributed by atoms with Crippen LogP contribution in [0, 0.1) is 11.8 Å². The Labute approximate surface area is 114 Å². The zero-order valence-corrected chi connectivity index (χ0v) is 11.7. The highest BCUT2D eigenvalue weighted by Gasteiger charge is 2.35. The van der Waals surface area contributed by atoms with Crippen molar-refractivity contribution < 1.29 is 14.3 Å². The SMILES string of the molecule is COCCCNC(=O)C1CCN(C(=O)C2CC2)CC1. The minimum atomic E-state index is 0.0748. The average Bonchev–Trinajstić information content (AvgIpc) is 3.27. The molecule has 0 aromatic carbocycles. The van der Waals surface area contributed by atoms with Crippen LogP contribution in [-0.2, 0) is 14.3 Å². The number of amides is 2. The van der Waals surface area contributed by atoms with E-state index in [0.717, 1.165) is 45.2 Å². The highest BCUT2D eigenvalue weighted by Crippen LogP contribution is 2.32. The lowest BCUT2D eigenvalue weighted by Crippen LogP contribution is -2.43. The Hall–Kier alpha value is -1.10. The lowest BCUT2D eigenvalue weighted by Gasteiger charge is -2.31. The van der Waals surface area contributed by atoms with Gasteiger partial charge in [-0.1, -0.05) is 0 Å². The number of nitrogens with one attached hydrogen (secondary N) is 1. The maximum Gasteiger partial charge on any atom is 0.225 e. The third-order valence-electron chi connectivity index (χ3n) is 3.93. The summed E-state index contributed by atoms with van der Waals surface area (Å²) in [4.78, 5) is 25.8. The summed E-state index contributed by atoms with van der Waals surface area (Å²) in [5.74, 6) is 0.804. The quantitative estimate of drug-likeness (QED) is 0.725. The van der Waals surface area contributed by atoms with Crippen LogP contribution < -0.4 is 5.32 Å². The van der Waals surface area contributed by atoms with Gasteiger partial charge in [-0.05, 0) is 32.1 Å². The highest BCUT2D eigenvalue weighted by atomic mass is 16.5. The summed E-state index contributed by atoms with van der Waals surface area (Å²) in [5, 5.41) is 2.94. The highest BCUT2D eigenvalue weighted by molar-refractivity contribution is 5.82. The topological polar surface area (TPSA) is 58.6 Å². The van der Waals surface area contributed by atoms with Gasteiger partial charge in [0, 0.05) is 45.2 Å². The first-order chi connectivity index (χ1) is 9.22. The molecule has 1 aliphatic heterocycles. The number of hydrogen-bond acceptors (Lipinski definition) is 3. The van der Waals surface area contributed by atoms with Crippen LogP contribution in [0.1, 0.15) is 32.1 Å². The zero-order valence-electron chi connectivity index (χ0n) is 11.7.